The molecular formula is C34H29N3O5. The van der Waals surface area contributed by atoms with Gasteiger partial charge in [0.15, 0.2) is 0 Å². The van der Waals surface area contributed by atoms with E-state index in [1.165, 1.54) is 14.7 Å². The Labute approximate surface area is 243 Å². The fraction of sp³-hybridized carbons (Fsp3) is 0.235. The van der Waals surface area contributed by atoms with E-state index >= 15 is 0 Å². The minimum atomic E-state index is -1.56. The quantitative estimate of drug-likeness (QED) is 0.330. The van der Waals surface area contributed by atoms with Gasteiger partial charge in [-0.15, -0.1) is 0 Å². The van der Waals surface area contributed by atoms with E-state index in [9.17, 15) is 19.2 Å². The smallest absolute Gasteiger partial charge is 0.249 e. The number of benzene rings is 3. The van der Waals surface area contributed by atoms with Crippen molar-refractivity contribution >= 4 is 29.3 Å². The van der Waals surface area contributed by atoms with Crippen LogP contribution in [0, 0.1) is 18.8 Å². The van der Waals surface area contributed by atoms with E-state index in [2.05, 4.69) is 0 Å². The summed E-state index contributed by atoms with van der Waals surface area (Å²) in [5.74, 6) is -2.59. The van der Waals surface area contributed by atoms with E-state index in [-0.39, 0.29) is 24.9 Å². The number of nitrogens with zero attached hydrogens (tertiary/aromatic N) is 3. The zero-order valence-corrected chi connectivity index (χ0v) is 23.3. The maximum Gasteiger partial charge on any atom is 0.249 e. The first-order valence-electron chi connectivity index (χ1n) is 14.0. The van der Waals surface area contributed by atoms with Crippen LogP contribution in [0.2, 0.25) is 0 Å². The number of piperazine rings is 1. The monoisotopic (exact) mass is 559 g/mol. The summed E-state index contributed by atoms with van der Waals surface area (Å²) in [5.41, 5.74) is 1.87. The number of furan rings is 1. The van der Waals surface area contributed by atoms with Gasteiger partial charge in [-0.2, -0.15) is 0 Å². The molecule has 0 saturated carbocycles. The van der Waals surface area contributed by atoms with Crippen LogP contribution in [-0.4, -0.2) is 45.5 Å². The number of rotatable bonds is 5. The maximum absolute atomic E-state index is 14.4. The molecule has 3 aromatic carbocycles. The lowest BCUT2D eigenvalue weighted by molar-refractivity contribution is -0.167. The van der Waals surface area contributed by atoms with Crippen LogP contribution < -0.4 is 4.90 Å². The fourth-order valence-corrected chi connectivity index (χ4v) is 7.01. The molecule has 0 bridgehead atoms. The molecule has 0 spiro atoms. The van der Waals surface area contributed by atoms with E-state index in [1.807, 2.05) is 54.6 Å². The zero-order valence-electron chi connectivity index (χ0n) is 23.3. The number of carbonyl (C=O) groups excluding carboxylic acids is 4. The summed E-state index contributed by atoms with van der Waals surface area (Å²) >= 11 is 0. The topological polar surface area (TPSA) is 91.1 Å². The van der Waals surface area contributed by atoms with Gasteiger partial charge in [0.05, 0.1) is 17.5 Å². The lowest BCUT2D eigenvalue weighted by Gasteiger charge is -2.46. The number of amides is 4. The summed E-state index contributed by atoms with van der Waals surface area (Å²) in [4.78, 5) is 60.5. The van der Waals surface area contributed by atoms with Crippen molar-refractivity contribution in [2.24, 2.45) is 11.8 Å². The largest absolute Gasteiger partial charge is 0.464 e. The molecule has 7 rings (SSSR count). The predicted octanol–water partition coefficient (Wildman–Crippen LogP) is 4.75. The third-order valence-electron chi connectivity index (χ3n) is 8.89. The Morgan fingerprint density at radius 3 is 2.07 bits per heavy atom. The lowest BCUT2D eigenvalue weighted by atomic mass is 9.79. The summed E-state index contributed by atoms with van der Waals surface area (Å²) in [6.07, 6.45) is 0. The number of hydrogen-bond donors (Lipinski definition) is 0. The van der Waals surface area contributed by atoms with E-state index in [1.54, 1.807) is 56.3 Å². The molecule has 1 aromatic heterocycles. The first-order chi connectivity index (χ1) is 20.3. The van der Waals surface area contributed by atoms with Crippen LogP contribution in [-0.2, 0) is 25.7 Å². The van der Waals surface area contributed by atoms with Crippen LogP contribution in [0.25, 0.3) is 11.1 Å². The molecule has 8 heteroatoms. The van der Waals surface area contributed by atoms with Crippen LogP contribution >= 0.6 is 0 Å². The molecule has 3 aliphatic rings. The molecule has 0 N–H and O–H groups in total. The van der Waals surface area contributed by atoms with Crippen LogP contribution in [0.3, 0.4) is 0 Å². The van der Waals surface area contributed by atoms with Crippen molar-refractivity contribution in [1.82, 2.24) is 9.80 Å². The predicted molar refractivity (Wildman–Crippen MR) is 155 cm³/mol. The summed E-state index contributed by atoms with van der Waals surface area (Å²) in [5, 5.41) is 0. The van der Waals surface area contributed by atoms with Gasteiger partial charge in [0.1, 0.15) is 29.6 Å². The Morgan fingerprint density at radius 1 is 0.786 bits per heavy atom. The van der Waals surface area contributed by atoms with E-state index in [4.69, 9.17) is 4.42 Å². The van der Waals surface area contributed by atoms with Gasteiger partial charge in [-0.25, -0.2) is 4.90 Å². The molecular weight excluding hydrogens is 530 g/mol. The molecule has 210 valence electrons. The van der Waals surface area contributed by atoms with Gasteiger partial charge in [0.2, 0.25) is 23.6 Å². The van der Waals surface area contributed by atoms with Gasteiger partial charge in [0, 0.05) is 6.54 Å². The summed E-state index contributed by atoms with van der Waals surface area (Å²) < 4.78 is 5.95. The fourth-order valence-electron chi connectivity index (χ4n) is 7.01. The molecule has 4 atom stereocenters. The third kappa shape index (κ3) is 3.75. The van der Waals surface area contributed by atoms with Crippen LogP contribution in [0.4, 0.5) is 5.69 Å². The third-order valence-corrected chi connectivity index (χ3v) is 8.89. The Kier molecular flexibility index (Phi) is 5.90. The lowest BCUT2D eigenvalue weighted by Crippen LogP contribution is -2.67. The highest BCUT2D eigenvalue weighted by molar-refractivity contribution is 6.25. The first kappa shape index (κ1) is 26.0. The number of anilines is 1. The number of fused-ring (bicyclic) bond motifs is 3. The van der Waals surface area contributed by atoms with Crippen molar-refractivity contribution in [1.29, 1.82) is 0 Å². The van der Waals surface area contributed by atoms with Gasteiger partial charge < -0.3 is 14.2 Å². The normalized spacial score (nSPS) is 25.3. The van der Waals surface area contributed by atoms with E-state index < -0.39 is 35.2 Å². The zero-order chi connectivity index (χ0) is 29.2. The van der Waals surface area contributed by atoms with Gasteiger partial charge in [0.25, 0.3) is 0 Å². The van der Waals surface area contributed by atoms with Crippen molar-refractivity contribution in [2.75, 3.05) is 11.4 Å². The molecule has 0 aliphatic carbocycles. The minimum absolute atomic E-state index is 0.157. The van der Waals surface area contributed by atoms with E-state index in [0.29, 0.717) is 17.2 Å². The molecule has 3 saturated heterocycles. The minimum Gasteiger partial charge on any atom is -0.464 e. The van der Waals surface area contributed by atoms with E-state index in [0.717, 1.165) is 16.7 Å². The molecule has 3 aliphatic heterocycles. The van der Waals surface area contributed by atoms with Gasteiger partial charge in [-0.3, -0.25) is 19.2 Å². The summed E-state index contributed by atoms with van der Waals surface area (Å²) in [6, 6.07) is 29.2. The van der Waals surface area contributed by atoms with Crippen molar-refractivity contribution in [2.45, 2.75) is 32.0 Å². The highest BCUT2D eigenvalue weighted by Crippen LogP contribution is 2.57. The standard InChI is InChI=1S/C34H29N3O5/c1-21-13-18-26(42-21)30-28-29(32(40)36(31(28)39)25-11-7-4-8-12-25)34(2)33(41)35(20-27(38)37(30)34)19-22-14-16-24(17-15-22)23-9-5-3-6-10-23/h3-18,28-30H,19-20H2,1-2H3/t28-,29-,30-,34-/m1/s1. The molecule has 0 unspecified atom stereocenters. The first-order valence-corrected chi connectivity index (χ1v) is 14.0. The number of carbonyl (C=O) groups is 4. The Morgan fingerprint density at radius 2 is 1.43 bits per heavy atom. The Hall–Kier alpha value is -4.98. The summed E-state index contributed by atoms with van der Waals surface area (Å²) in [7, 11) is 0. The molecule has 8 nitrogen and oxygen atoms in total. The molecule has 4 amide bonds. The average Bonchev–Trinajstić information content (AvgIpc) is 3.64. The molecule has 4 aromatic rings. The average molecular weight is 560 g/mol. The number of imide groups is 1. The van der Waals surface area contributed by atoms with Gasteiger partial charge in [-0.05, 0) is 54.8 Å². The molecule has 4 heterocycles. The maximum atomic E-state index is 14.4. The van der Waals surface area contributed by atoms with Gasteiger partial charge in [-0.1, -0.05) is 72.8 Å². The molecule has 0 radical (unpaired) electrons. The molecule has 3 fully saturated rings. The Bertz CT molecular complexity index is 1710. The van der Waals surface area contributed by atoms with Crippen LogP contribution in [0.15, 0.2) is 101 Å². The Balaban J connectivity index is 1.26. The van der Waals surface area contributed by atoms with Crippen molar-refractivity contribution in [3.8, 4) is 11.1 Å². The second-order valence-electron chi connectivity index (χ2n) is 11.4. The summed E-state index contributed by atoms with van der Waals surface area (Å²) in [6.45, 7) is 3.46. The number of hydrogen-bond acceptors (Lipinski definition) is 5. The van der Waals surface area contributed by atoms with Crippen molar-refractivity contribution in [3.05, 3.63) is 114 Å². The van der Waals surface area contributed by atoms with Crippen molar-refractivity contribution < 1.29 is 23.6 Å². The number of aryl methyl sites for hydroxylation is 1. The van der Waals surface area contributed by atoms with Crippen LogP contribution in [0.1, 0.15) is 30.0 Å². The molecule has 42 heavy (non-hydrogen) atoms. The van der Waals surface area contributed by atoms with Crippen LogP contribution in [0.5, 0.6) is 0 Å². The highest BCUT2D eigenvalue weighted by Gasteiger charge is 2.73. The number of para-hydroxylation sites is 1. The SMILES string of the molecule is Cc1ccc([C@@H]2[C@@H]3C(=O)N(c4ccccc4)C(=O)[C@@H]3[C@]3(C)C(=O)N(Cc4ccc(-c5ccccc5)cc4)CC(=O)N23)o1. The second kappa shape index (κ2) is 9.55. The highest BCUT2D eigenvalue weighted by atomic mass is 16.3. The van der Waals surface area contributed by atoms with Gasteiger partial charge >= 0.3 is 0 Å². The second-order valence-corrected chi connectivity index (χ2v) is 11.4. The van der Waals surface area contributed by atoms with Crippen molar-refractivity contribution in [3.63, 3.8) is 0 Å².